The van der Waals surface area contributed by atoms with Crippen molar-refractivity contribution >= 4 is 65.8 Å². The maximum atomic E-state index is 11.2. The third-order valence-electron chi connectivity index (χ3n) is 4.10. The number of rotatable bonds is 2. The van der Waals surface area contributed by atoms with Crippen LogP contribution < -0.4 is 0 Å². The summed E-state index contributed by atoms with van der Waals surface area (Å²) in [7, 11) is 0. The van der Waals surface area contributed by atoms with E-state index in [0.717, 1.165) is 30.7 Å². The van der Waals surface area contributed by atoms with Gasteiger partial charge >= 0.3 is 0 Å². The lowest BCUT2D eigenvalue weighted by molar-refractivity contribution is -0.109. The number of thiophene rings is 2. The van der Waals surface area contributed by atoms with Crippen molar-refractivity contribution < 1.29 is 9.59 Å². The van der Waals surface area contributed by atoms with E-state index in [1.165, 1.54) is 32.9 Å². The molecule has 6 heteroatoms. The highest BCUT2D eigenvalue weighted by molar-refractivity contribution is 8.13. The van der Waals surface area contributed by atoms with Crippen molar-refractivity contribution in [3.05, 3.63) is 81.5 Å². The summed E-state index contributed by atoms with van der Waals surface area (Å²) in [6.07, 6.45) is 0. The molecule has 32 heavy (non-hydrogen) atoms. The van der Waals surface area contributed by atoms with Gasteiger partial charge in [-0.2, -0.15) is 0 Å². The number of thioether (sulfide) groups is 2. The molecule has 2 aromatic heterocycles. The smallest absolute Gasteiger partial charge is 0.190 e. The van der Waals surface area contributed by atoms with Gasteiger partial charge in [-0.25, -0.2) is 0 Å². The van der Waals surface area contributed by atoms with Crippen LogP contribution in [-0.4, -0.2) is 10.2 Å². The van der Waals surface area contributed by atoms with Crippen LogP contribution in [0.2, 0.25) is 0 Å². The highest BCUT2D eigenvalue weighted by atomic mass is 32.2. The molecule has 0 saturated carbocycles. The van der Waals surface area contributed by atoms with Crippen molar-refractivity contribution in [3.63, 3.8) is 0 Å². The van der Waals surface area contributed by atoms with E-state index < -0.39 is 0 Å². The number of carbonyl (C=O) groups is 2. The third kappa shape index (κ3) is 6.16. The lowest BCUT2D eigenvalue weighted by Crippen LogP contribution is -1.81. The van der Waals surface area contributed by atoms with Gasteiger partial charge < -0.3 is 0 Å². The van der Waals surface area contributed by atoms with Gasteiger partial charge in [0.2, 0.25) is 0 Å². The van der Waals surface area contributed by atoms with Crippen molar-refractivity contribution in [1.29, 1.82) is 0 Å². The van der Waals surface area contributed by atoms with Gasteiger partial charge in [0.1, 0.15) is 0 Å². The average Bonchev–Trinajstić information content (AvgIpc) is 3.30. The van der Waals surface area contributed by atoms with E-state index in [1.54, 1.807) is 36.5 Å². The first-order valence-corrected chi connectivity index (χ1v) is 12.9. The minimum Gasteiger partial charge on any atom is -0.287 e. The van der Waals surface area contributed by atoms with Crippen molar-refractivity contribution in [2.24, 2.45) is 0 Å². The predicted octanol–water partition coefficient (Wildman–Crippen LogP) is 7.04. The van der Waals surface area contributed by atoms with Gasteiger partial charge in [0, 0.05) is 44.2 Å². The number of benzene rings is 2. The quantitative estimate of drug-likeness (QED) is 0.224. The summed E-state index contributed by atoms with van der Waals surface area (Å²) in [6, 6.07) is 19.6. The average molecular weight is 489 g/mol. The van der Waals surface area contributed by atoms with Crippen LogP contribution in [-0.2, 0) is 9.59 Å². The lowest BCUT2D eigenvalue weighted by atomic mass is 10.2. The van der Waals surface area contributed by atoms with Crippen LogP contribution in [0.4, 0.5) is 0 Å². The molecule has 0 N–H and O–H groups in total. The highest BCUT2D eigenvalue weighted by Crippen LogP contribution is 2.32. The van der Waals surface area contributed by atoms with E-state index in [2.05, 4.69) is 35.8 Å². The second-order valence-electron chi connectivity index (χ2n) is 6.69. The molecule has 2 heterocycles. The largest absolute Gasteiger partial charge is 0.287 e. The number of hydrogen-bond acceptors (Lipinski definition) is 6. The first-order chi connectivity index (χ1) is 15.4. The monoisotopic (exact) mass is 488 g/mol. The first-order valence-electron chi connectivity index (χ1n) is 9.59. The van der Waals surface area contributed by atoms with Gasteiger partial charge in [0.25, 0.3) is 0 Å². The van der Waals surface area contributed by atoms with Crippen LogP contribution in [0.25, 0.3) is 9.40 Å². The Bertz CT molecular complexity index is 1280. The Hall–Kier alpha value is -2.74. The summed E-state index contributed by atoms with van der Waals surface area (Å²) >= 11 is 5.78. The SMILES string of the molecule is CC(=O)Sc1ccc(C#Cc2cc3sc(C#Cc4ccc(SC(C)=O)cc4)cc3s2)cc1. The first kappa shape index (κ1) is 22.5. The minimum absolute atomic E-state index is 0.0771. The van der Waals surface area contributed by atoms with Gasteiger partial charge in [0.05, 0.1) is 9.75 Å². The van der Waals surface area contributed by atoms with Crippen molar-refractivity contribution in [2.45, 2.75) is 23.6 Å². The molecule has 0 amide bonds. The molecule has 0 fully saturated rings. The fraction of sp³-hybridized carbons (Fsp3) is 0.0769. The molecule has 0 unspecified atom stereocenters. The fourth-order valence-corrected chi connectivity index (χ4v) is 6.08. The Kier molecular flexibility index (Phi) is 7.19. The number of fused-ring (bicyclic) bond motifs is 1. The normalized spacial score (nSPS) is 10.2. The van der Waals surface area contributed by atoms with E-state index in [9.17, 15) is 9.59 Å². The Morgan fingerprint density at radius 2 is 1.00 bits per heavy atom. The van der Waals surface area contributed by atoms with Crippen molar-refractivity contribution in [1.82, 2.24) is 0 Å². The van der Waals surface area contributed by atoms with E-state index >= 15 is 0 Å². The molecule has 4 rings (SSSR count). The zero-order valence-corrected chi connectivity index (χ0v) is 20.5. The Morgan fingerprint density at radius 1 is 0.625 bits per heavy atom. The van der Waals surface area contributed by atoms with Gasteiger partial charge in [-0.1, -0.05) is 47.2 Å². The summed E-state index contributed by atoms with van der Waals surface area (Å²) in [6.45, 7) is 3.12. The standard InChI is InChI=1S/C26H16O2S4/c1-17(27)29-21-9-3-19(4-10-21)7-13-23-15-25-26(31-23)16-24(32-25)14-8-20-5-11-22(12-6-20)30-18(2)28/h3-6,9-12,15-16H,1-2H3. The number of hydrogen-bond donors (Lipinski definition) is 0. The van der Waals surface area contributed by atoms with E-state index in [-0.39, 0.29) is 10.2 Å². The van der Waals surface area contributed by atoms with Gasteiger partial charge in [0.15, 0.2) is 10.2 Å². The van der Waals surface area contributed by atoms with Crippen LogP contribution in [0.1, 0.15) is 34.7 Å². The van der Waals surface area contributed by atoms with E-state index in [0.29, 0.717) is 0 Å². The third-order valence-corrected chi connectivity index (χ3v) is 7.81. The molecule has 0 aliphatic heterocycles. The molecule has 0 spiro atoms. The maximum absolute atomic E-state index is 11.2. The molecule has 0 radical (unpaired) electrons. The van der Waals surface area contributed by atoms with Crippen LogP contribution in [0.15, 0.2) is 70.5 Å². The topological polar surface area (TPSA) is 34.1 Å². The Balaban J connectivity index is 1.44. The number of carbonyl (C=O) groups excluding carboxylic acids is 2. The van der Waals surface area contributed by atoms with E-state index in [4.69, 9.17) is 0 Å². The summed E-state index contributed by atoms with van der Waals surface area (Å²) in [5.74, 6) is 12.8. The second kappa shape index (κ2) is 10.3. The fourth-order valence-electron chi connectivity index (χ4n) is 2.77. The van der Waals surface area contributed by atoms with E-state index in [1.807, 2.05) is 48.5 Å². The van der Waals surface area contributed by atoms with Crippen LogP contribution >= 0.6 is 46.2 Å². The summed E-state index contributed by atoms with van der Waals surface area (Å²) in [4.78, 5) is 26.2. The minimum atomic E-state index is 0.0771. The molecule has 2 aromatic carbocycles. The maximum Gasteiger partial charge on any atom is 0.190 e. The zero-order chi connectivity index (χ0) is 22.5. The molecule has 0 aliphatic rings. The summed E-state index contributed by atoms with van der Waals surface area (Å²) < 4.78 is 2.37. The van der Waals surface area contributed by atoms with Crippen LogP contribution in [0.5, 0.6) is 0 Å². The molecular formula is C26H16O2S4. The summed E-state index contributed by atoms with van der Waals surface area (Å²) in [5, 5.41) is 0.154. The predicted molar refractivity (Wildman–Crippen MR) is 138 cm³/mol. The van der Waals surface area contributed by atoms with Gasteiger partial charge in [-0.05, 0) is 60.7 Å². The van der Waals surface area contributed by atoms with Crippen molar-refractivity contribution in [2.75, 3.05) is 0 Å². The molecule has 4 aromatic rings. The molecule has 0 aliphatic carbocycles. The Morgan fingerprint density at radius 3 is 1.34 bits per heavy atom. The molecule has 0 bridgehead atoms. The van der Waals surface area contributed by atoms with Crippen LogP contribution in [0.3, 0.4) is 0 Å². The highest BCUT2D eigenvalue weighted by Gasteiger charge is 2.05. The second-order valence-corrected chi connectivity index (χ2v) is 11.4. The van der Waals surface area contributed by atoms with Gasteiger partial charge in [-0.3, -0.25) is 9.59 Å². The molecule has 156 valence electrons. The van der Waals surface area contributed by atoms with Gasteiger partial charge in [-0.15, -0.1) is 22.7 Å². The summed E-state index contributed by atoms with van der Waals surface area (Å²) in [5.41, 5.74) is 1.85. The van der Waals surface area contributed by atoms with Crippen LogP contribution in [0, 0.1) is 23.7 Å². The Labute approximate surface area is 203 Å². The molecule has 0 saturated heterocycles. The van der Waals surface area contributed by atoms with Crippen molar-refractivity contribution in [3.8, 4) is 23.7 Å². The lowest BCUT2D eigenvalue weighted by Gasteiger charge is -1.96. The molecule has 2 nitrogen and oxygen atoms in total. The molecular weight excluding hydrogens is 473 g/mol. The zero-order valence-electron chi connectivity index (χ0n) is 17.2. The molecule has 0 atom stereocenters.